The van der Waals surface area contributed by atoms with E-state index >= 15 is 0 Å². The molecule has 148 valence electrons. The summed E-state index contributed by atoms with van der Waals surface area (Å²) in [5, 5.41) is 0.799. The standard InChI is InChI=1S/C22H21N3O3S/c1-27-16-9-7-14(8-10-16)20-24-15(12-28-20)11-25-13-23-21-19(22(25)26)17-5-3-2-4-6-18(17)29-21/h7-10,12-13H,2-6,11H2,1H3. The Morgan fingerprint density at radius 1 is 1.17 bits per heavy atom. The Labute approximate surface area is 171 Å². The van der Waals surface area contributed by atoms with E-state index in [0.29, 0.717) is 18.1 Å². The Bertz CT molecular complexity index is 1220. The monoisotopic (exact) mass is 407 g/mol. The predicted molar refractivity (Wildman–Crippen MR) is 113 cm³/mol. The normalized spacial score (nSPS) is 14.0. The summed E-state index contributed by atoms with van der Waals surface area (Å²) in [6.07, 6.45) is 8.83. The van der Waals surface area contributed by atoms with Gasteiger partial charge in [0.2, 0.25) is 5.89 Å². The second kappa shape index (κ2) is 7.48. The van der Waals surface area contributed by atoms with E-state index in [1.54, 1.807) is 35.6 Å². The molecule has 0 saturated carbocycles. The van der Waals surface area contributed by atoms with Crippen molar-refractivity contribution in [2.75, 3.05) is 7.11 Å². The van der Waals surface area contributed by atoms with Gasteiger partial charge in [0.05, 0.1) is 31.1 Å². The van der Waals surface area contributed by atoms with Crippen molar-refractivity contribution in [2.45, 2.75) is 38.6 Å². The van der Waals surface area contributed by atoms with Gasteiger partial charge in [0, 0.05) is 10.4 Å². The maximum absolute atomic E-state index is 13.2. The lowest BCUT2D eigenvalue weighted by molar-refractivity contribution is 0.415. The van der Waals surface area contributed by atoms with E-state index < -0.39 is 0 Å². The van der Waals surface area contributed by atoms with Crippen molar-refractivity contribution in [2.24, 2.45) is 0 Å². The van der Waals surface area contributed by atoms with Gasteiger partial charge in [-0.15, -0.1) is 11.3 Å². The number of aryl methyl sites for hydroxylation is 2. The zero-order valence-electron chi connectivity index (χ0n) is 16.2. The number of benzene rings is 1. The van der Waals surface area contributed by atoms with Crippen molar-refractivity contribution in [3.05, 3.63) is 63.3 Å². The molecule has 0 atom stereocenters. The number of hydrogen-bond acceptors (Lipinski definition) is 6. The summed E-state index contributed by atoms with van der Waals surface area (Å²) in [4.78, 5) is 24.5. The first-order valence-corrected chi connectivity index (χ1v) is 10.6. The van der Waals surface area contributed by atoms with Gasteiger partial charge in [-0.1, -0.05) is 6.42 Å². The van der Waals surface area contributed by atoms with Crippen molar-refractivity contribution in [3.63, 3.8) is 0 Å². The molecule has 0 amide bonds. The van der Waals surface area contributed by atoms with Crippen LogP contribution in [0.5, 0.6) is 5.75 Å². The molecule has 0 radical (unpaired) electrons. The minimum atomic E-state index is 0.0170. The summed E-state index contributed by atoms with van der Waals surface area (Å²) in [7, 11) is 1.63. The quantitative estimate of drug-likeness (QED) is 0.468. The van der Waals surface area contributed by atoms with Gasteiger partial charge in [0.15, 0.2) is 0 Å². The Morgan fingerprint density at radius 3 is 2.83 bits per heavy atom. The highest BCUT2D eigenvalue weighted by Gasteiger charge is 2.19. The molecule has 7 heteroatoms. The third-order valence-corrected chi connectivity index (χ3v) is 6.61. The van der Waals surface area contributed by atoms with E-state index in [2.05, 4.69) is 9.97 Å². The maximum Gasteiger partial charge on any atom is 0.262 e. The van der Waals surface area contributed by atoms with Gasteiger partial charge in [0.25, 0.3) is 5.56 Å². The molecule has 1 aliphatic rings. The number of rotatable bonds is 4. The summed E-state index contributed by atoms with van der Waals surface area (Å²) in [6, 6.07) is 7.53. The molecule has 1 aliphatic carbocycles. The highest BCUT2D eigenvalue weighted by atomic mass is 32.1. The van der Waals surface area contributed by atoms with Gasteiger partial charge in [-0.3, -0.25) is 9.36 Å². The minimum Gasteiger partial charge on any atom is -0.497 e. The van der Waals surface area contributed by atoms with Crippen molar-refractivity contribution >= 4 is 21.6 Å². The van der Waals surface area contributed by atoms with E-state index in [9.17, 15) is 4.79 Å². The molecule has 0 bridgehead atoms. The summed E-state index contributed by atoms with van der Waals surface area (Å²) in [5.41, 5.74) is 2.79. The minimum absolute atomic E-state index is 0.0170. The lowest BCUT2D eigenvalue weighted by Crippen LogP contribution is -2.21. The number of thiophene rings is 1. The second-order valence-corrected chi connectivity index (χ2v) is 8.38. The van der Waals surface area contributed by atoms with Crippen molar-refractivity contribution < 1.29 is 9.15 Å². The molecular formula is C22H21N3O3S. The zero-order chi connectivity index (χ0) is 19.8. The molecule has 0 aliphatic heterocycles. The first kappa shape index (κ1) is 18.1. The van der Waals surface area contributed by atoms with E-state index in [0.717, 1.165) is 40.8 Å². The van der Waals surface area contributed by atoms with Gasteiger partial charge >= 0.3 is 0 Å². The molecule has 4 aromatic rings. The van der Waals surface area contributed by atoms with Crippen LogP contribution in [0, 0.1) is 0 Å². The number of oxazole rings is 1. The molecule has 3 aromatic heterocycles. The van der Waals surface area contributed by atoms with E-state index in [1.165, 1.54) is 23.3 Å². The van der Waals surface area contributed by atoms with Crippen LogP contribution in [0.2, 0.25) is 0 Å². The number of aromatic nitrogens is 3. The van der Waals surface area contributed by atoms with Crippen LogP contribution in [0.25, 0.3) is 21.7 Å². The molecule has 0 saturated heterocycles. The summed E-state index contributed by atoms with van der Waals surface area (Å²) in [6.45, 7) is 0.339. The molecule has 0 N–H and O–H groups in total. The molecule has 3 heterocycles. The molecule has 0 fully saturated rings. The SMILES string of the molecule is COc1ccc(-c2nc(Cn3cnc4sc5c(c4c3=O)CCCCC5)co2)cc1. The van der Waals surface area contributed by atoms with Crippen LogP contribution in [0.4, 0.5) is 0 Å². The number of ether oxygens (including phenoxy) is 1. The van der Waals surface area contributed by atoms with Crippen molar-refractivity contribution in [1.82, 2.24) is 14.5 Å². The second-order valence-electron chi connectivity index (χ2n) is 7.29. The maximum atomic E-state index is 13.2. The molecular weight excluding hydrogens is 386 g/mol. The third kappa shape index (κ3) is 3.35. The lowest BCUT2D eigenvalue weighted by Gasteiger charge is -2.04. The summed E-state index contributed by atoms with van der Waals surface area (Å²) < 4.78 is 12.4. The fourth-order valence-electron chi connectivity index (χ4n) is 3.89. The van der Waals surface area contributed by atoms with Crippen LogP contribution in [0.1, 0.15) is 35.4 Å². The topological polar surface area (TPSA) is 70.2 Å². The largest absolute Gasteiger partial charge is 0.497 e. The van der Waals surface area contributed by atoms with Crippen molar-refractivity contribution in [1.29, 1.82) is 0 Å². The van der Waals surface area contributed by atoms with Gasteiger partial charge in [-0.2, -0.15) is 0 Å². The fourth-order valence-corrected chi connectivity index (χ4v) is 5.11. The van der Waals surface area contributed by atoms with Gasteiger partial charge in [0.1, 0.15) is 16.8 Å². The number of hydrogen-bond donors (Lipinski definition) is 0. The van der Waals surface area contributed by atoms with Crippen LogP contribution in [0.3, 0.4) is 0 Å². The van der Waals surface area contributed by atoms with Gasteiger partial charge in [-0.05, 0) is 55.5 Å². The first-order valence-electron chi connectivity index (χ1n) is 9.81. The number of nitrogens with zero attached hydrogens (tertiary/aromatic N) is 3. The average Bonchev–Trinajstić information content (AvgIpc) is 3.28. The van der Waals surface area contributed by atoms with Crippen LogP contribution in [-0.2, 0) is 19.4 Å². The molecule has 6 nitrogen and oxygen atoms in total. The van der Waals surface area contributed by atoms with Gasteiger partial charge < -0.3 is 9.15 Å². The molecule has 0 spiro atoms. The van der Waals surface area contributed by atoms with Crippen LogP contribution in [-0.4, -0.2) is 21.6 Å². The van der Waals surface area contributed by atoms with E-state index in [1.807, 2.05) is 24.3 Å². The molecule has 29 heavy (non-hydrogen) atoms. The highest BCUT2D eigenvalue weighted by molar-refractivity contribution is 7.18. The third-order valence-electron chi connectivity index (χ3n) is 5.41. The van der Waals surface area contributed by atoms with Gasteiger partial charge in [-0.25, -0.2) is 9.97 Å². The van der Waals surface area contributed by atoms with Crippen molar-refractivity contribution in [3.8, 4) is 17.2 Å². The predicted octanol–water partition coefficient (Wildman–Crippen LogP) is 4.44. The Balaban J connectivity index is 1.46. The Hall–Kier alpha value is -2.93. The van der Waals surface area contributed by atoms with Crippen LogP contribution in [0.15, 0.2) is 46.1 Å². The number of methoxy groups -OCH3 is 1. The van der Waals surface area contributed by atoms with Crippen LogP contribution < -0.4 is 10.3 Å². The first-order chi connectivity index (χ1) is 14.2. The fraction of sp³-hybridized carbons (Fsp3) is 0.318. The molecule has 1 aromatic carbocycles. The van der Waals surface area contributed by atoms with E-state index in [-0.39, 0.29) is 5.56 Å². The summed E-state index contributed by atoms with van der Waals surface area (Å²) >= 11 is 1.68. The highest BCUT2D eigenvalue weighted by Crippen LogP contribution is 2.32. The molecule has 0 unspecified atom stereocenters. The lowest BCUT2D eigenvalue weighted by atomic mass is 10.1. The zero-order valence-corrected chi connectivity index (χ0v) is 17.0. The molecule has 5 rings (SSSR count). The summed E-state index contributed by atoms with van der Waals surface area (Å²) in [5.74, 6) is 1.30. The Morgan fingerprint density at radius 2 is 2.00 bits per heavy atom. The van der Waals surface area contributed by atoms with Crippen LogP contribution >= 0.6 is 11.3 Å². The Kier molecular flexibility index (Phi) is 4.67. The number of fused-ring (bicyclic) bond motifs is 3. The average molecular weight is 407 g/mol. The smallest absolute Gasteiger partial charge is 0.262 e. The van der Waals surface area contributed by atoms with E-state index in [4.69, 9.17) is 9.15 Å².